The van der Waals surface area contributed by atoms with Crippen LogP contribution in [-0.2, 0) is 0 Å². The van der Waals surface area contributed by atoms with E-state index in [0.29, 0.717) is 11.6 Å². The lowest BCUT2D eigenvalue weighted by Crippen LogP contribution is -2.36. The molecule has 10 heteroatoms. The molecule has 146 valence electrons. The summed E-state index contributed by atoms with van der Waals surface area (Å²) in [7, 11) is 0. The number of piperidine rings is 2. The van der Waals surface area contributed by atoms with Crippen molar-refractivity contribution in [3.8, 4) is 6.07 Å². The SMILES string of the molecule is N#Cc1cnc(N2CCC(n3cc(C(=O)N4CCCCC4)nn3)CC2)nc1N. The maximum absolute atomic E-state index is 12.6. The number of likely N-dealkylation sites (tertiary alicyclic amines) is 1. The molecule has 0 radical (unpaired) electrons. The first-order valence-corrected chi connectivity index (χ1v) is 9.64. The summed E-state index contributed by atoms with van der Waals surface area (Å²) < 4.78 is 1.81. The second-order valence-corrected chi connectivity index (χ2v) is 7.24. The molecule has 2 aliphatic heterocycles. The molecule has 28 heavy (non-hydrogen) atoms. The smallest absolute Gasteiger partial charge is 0.276 e. The Balaban J connectivity index is 1.38. The van der Waals surface area contributed by atoms with Crippen molar-refractivity contribution in [1.29, 1.82) is 5.26 Å². The lowest BCUT2D eigenvalue weighted by Gasteiger charge is -2.31. The summed E-state index contributed by atoms with van der Waals surface area (Å²) in [6.07, 6.45) is 8.20. The average Bonchev–Trinajstić information content (AvgIpc) is 3.24. The second kappa shape index (κ2) is 7.80. The molecule has 0 spiro atoms. The summed E-state index contributed by atoms with van der Waals surface area (Å²) in [6.45, 7) is 3.09. The Morgan fingerprint density at radius 2 is 1.93 bits per heavy atom. The molecule has 0 saturated carbocycles. The summed E-state index contributed by atoms with van der Waals surface area (Å²) in [5, 5.41) is 17.3. The molecular weight excluding hydrogens is 358 g/mol. The third kappa shape index (κ3) is 3.60. The third-order valence-electron chi connectivity index (χ3n) is 5.42. The summed E-state index contributed by atoms with van der Waals surface area (Å²) >= 11 is 0. The number of hydrogen-bond acceptors (Lipinski definition) is 8. The van der Waals surface area contributed by atoms with Crippen LogP contribution in [0.4, 0.5) is 11.8 Å². The average molecular weight is 381 g/mol. The highest BCUT2D eigenvalue weighted by Gasteiger charge is 2.26. The van der Waals surface area contributed by atoms with E-state index in [2.05, 4.69) is 20.3 Å². The fraction of sp³-hybridized carbons (Fsp3) is 0.556. The van der Waals surface area contributed by atoms with Crippen LogP contribution in [-0.4, -0.2) is 61.9 Å². The first-order valence-electron chi connectivity index (χ1n) is 9.64. The zero-order valence-corrected chi connectivity index (χ0v) is 15.7. The Morgan fingerprint density at radius 1 is 1.18 bits per heavy atom. The van der Waals surface area contributed by atoms with Crippen LogP contribution >= 0.6 is 0 Å². The number of nitrogens with zero attached hydrogens (tertiary/aromatic N) is 8. The van der Waals surface area contributed by atoms with Crippen molar-refractivity contribution in [2.45, 2.75) is 38.1 Å². The normalized spacial score (nSPS) is 18.1. The van der Waals surface area contributed by atoms with Crippen LogP contribution in [0, 0.1) is 11.3 Å². The molecule has 0 aromatic carbocycles. The maximum atomic E-state index is 12.6. The van der Waals surface area contributed by atoms with Gasteiger partial charge in [0.05, 0.1) is 18.4 Å². The van der Waals surface area contributed by atoms with Crippen LogP contribution in [0.5, 0.6) is 0 Å². The van der Waals surface area contributed by atoms with Crippen LogP contribution in [0.3, 0.4) is 0 Å². The molecule has 0 bridgehead atoms. The minimum atomic E-state index is -0.0233. The molecule has 2 aromatic rings. The van der Waals surface area contributed by atoms with Crippen LogP contribution in [0.25, 0.3) is 0 Å². The summed E-state index contributed by atoms with van der Waals surface area (Å²) in [6, 6.07) is 2.15. The van der Waals surface area contributed by atoms with Crippen molar-refractivity contribution in [3.63, 3.8) is 0 Å². The zero-order chi connectivity index (χ0) is 19.5. The number of hydrogen-bond donors (Lipinski definition) is 1. The molecule has 4 rings (SSSR count). The standard InChI is InChI=1S/C18H23N9O/c19-10-13-11-21-18(22-16(13)20)26-8-4-14(5-9-26)27-12-15(23-24-27)17(28)25-6-2-1-3-7-25/h11-12,14H,1-9H2,(H2,20,21,22). The number of amides is 1. The van der Waals surface area contributed by atoms with Gasteiger partial charge in [0.1, 0.15) is 17.5 Å². The molecular formula is C18H23N9O. The lowest BCUT2D eigenvalue weighted by atomic mass is 10.1. The number of carbonyl (C=O) groups excluding carboxylic acids is 1. The van der Waals surface area contributed by atoms with Crippen molar-refractivity contribution in [3.05, 3.63) is 23.7 Å². The molecule has 0 unspecified atom stereocenters. The van der Waals surface area contributed by atoms with Crippen molar-refractivity contribution in [1.82, 2.24) is 29.9 Å². The second-order valence-electron chi connectivity index (χ2n) is 7.24. The van der Waals surface area contributed by atoms with Gasteiger partial charge in [0, 0.05) is 26.2 Å². The highest BCUT2D eigenvalue weighted by molar-refractivity contribution is 5.91. The molecule has 2 fully saturated rings. The van der Waals surface area contributed by atoms with Gasteiger partial charge in [-0.15, -0.1) is 5.10 Å². The fourth-order valence-electron chi connectivity index (χ4n) is 3.77. The monoisotopic (exact) mass is 381 g/mol. The van der Waals surface area contributed by atoms with Gasteiger partial charge >= 0.3 is 0 Å². The van der Waals surface area contributed by atoms with Crippen molar-refractivity contribution in [2.75, 3.05) is 36.8 Å². The molecule has 0 atom stereocenters. The van der Waals surface area contributed by atoms with Gasteiger partial charge in [-0.05, 0) is 32.1 Å². The molecule has 4 heterocycles. The van der Waals surface area contributed by atoms with Crippen molar-refractivity contribution in [2.24, 2.45) is 0 Å². The van der Waals surface area contributed by atoms with Gasteiger partial charge in [-0.1, -0.05) is 5.21 Å². The van der Waals surface area contributed by atoms with E-state index < -0.39 is 0 Å². The molecule has 10 nitrogen and oxygen atoms in total. The molecule has 2 saturated heterocycles. The quantitative estimate of drug-likeness (QED) is 0.833. The molecule has 0 aliphatic carbocycles. The Hall–Kier alpha value is -3.22. The van der Waals surface area contributed by atoms with Gasteiger partial charge in [-0.3, -0.25) is 4.79 Å². The Labute approximate surface area is 163 Å². The summed E-state index contributed by atoms with van der Waals surface area (Å²) in [5.74, 6) is 0.714. The first-order chi connectivity index (χ1) is 13.7. The summed E-state index contributed by atoms with van der Waals surface area (Å²) in [5.41, 5.74) is 6.50. The minimum absolute atomic E-state index is 0.0233. The van der Waals surface area contributed by atoms with E-state index in [4.69, 9.17) is 11.0 Å². The van der Waals surface area contributed by atoms with Gasteiger partial charge in [0.25, 0.3) is 5.91 Å². The molecule has 2 aromatic heterocycles. The number of rotatable bonds is 3. The number of nitriles is 1. The summed E-state index contributed by atoms with van der Waals surface area (Å²) in [4.78, 5) is 25.0. The number of carbonyl (C=O) groups is 1. The van der Waals surface area contributed by atoms with E-state index in [1.54, 1.807) is 6.20 Å². The van der Waals surface area contributed by atoms with Crippen LogP contribution < -0.4 is 10.6 Å². The van der Waals surface area contributed by atoms with Gasteiger partial charge in [-0.25, -0.2) is 9.67 Å². The van der Waals surface area contributed by atoms with E-state index in [9.17, 15) is 4.79 Å². The third-order valence-corrected chi connectivity index (χ3v) is 5.42. The lowest BCUT2D eigenvalue weighted by molar-refractivity contribution is 0.0718. The highest BCUT2D eigenvalue weighted by Crippen LogP contribution is 2.25. The Kier molecular flexibility index (Phi) is 5.06. The van der Waals surface area contributed by atoms with Crippen LogP contribution in [0.1, 0.15) is 54.2 Å². The number of nitrogens with two attached hydrogens (primary N) is 1. The maximum Gasteiger partial charge on any atom is 0.276 e. The highest BCUT2D eigenvalue weighted by atomic mass is 16.2. The van der Waals surface area contributed by atoms with Crippen LogP contribution in [0.15, 0.2) is 12.4 Å². The topological polar surface area (TPSA) is 130 Å². The van der Waals surface area contributed by atoms with Crippen LogP contribution in [0.2, 0.25) is 0 Å². The van der Waals surface area contributed by atoms with E-state index in [-0.39, 0.29) is 23.3 Å². The van der Waals surface area contributed by atoms with Gasteiger partial charge in [0.15, 0.2) is 5.69 Å². The van der Waals surface area contributed by atoms with Crippen molar-refractivity contribution < 1.29 is 4.79 Å². The molecule has 2 N–H and O–H groups in total. The van der Waals surface area contributed by atoms with Crippen molar-refractivity contribution >= 4 is 17.7 Å². The minimum Gasteiger partial charge on any atom is -0.382 e. The van der Waals surface area contributed by atoms with Gasteiger partial charge in [-0.2, -0.15) is 10.2 Å². The van der Waals surface area contributed by atoms with E-state index in [0.717, 1.165) is 51.9 Å². The Morgan fingerprint density at radius 3 is 2.61 bits per heavy atom. The predicted molar refractivity (Wildman–Crippen MR) is 101 cm³/mol. The number of anilines is 2. The Bertz CT molecular complexity index is 889. The number of nitrogen functional groups attached to an aromatic ring is 1. The zero-order valence-electron chi connectivity index (χ0n) is 15.7. The molecule has 1 amide bonds. The van der Waals surface area contributed by atoms with Gasteiger partial charge in [0.2, 0.25) is 5.95 Å². The number of aromatic nitrogens is 5. The van der Waals surface area contributed by atoms with E-state index in [1.807, 2.05) is 20.6 Å². The largest absolute Gasteiger partial charge is 0.382 e. The molecule has 2 aliphatic rings. The van der Waals surface area contributed by atoms with Gasteiger partial charge < -0.3 is 15.5 Å². The fourth-order valence-corrected chi connectivity index (χ4v) is 3.77. The van der Waals surface area contributed by atoms with E-state index in [1.165, 1.54) is 12.6 Å². The predicted octanol–water partition coefficient (Wildman–Crippen LogP) is 0.990. The van der Waals surface area contributed by atoms with E-state index >= 15 is 0 Å². The first kappa shape index (κ1) is 18.2.